The van der Waals surface area contributed by atoms with Gasteiger partial charge < -0.3 is 20.1 Å². The second kappa shape index (κ2) is 8.49. The van der Waals surface area contributed by atoms with Crippen molar-refractivity contribution in [3.8, 4) is 5.75 Å². The van der Waals surface area contributed by atoms with Gasteiger partial charge in [0.25, 0.3) is 11.8 Å². The first kappa shape index (κ1) is 18.0. The van der Waals surface area contributed by atoms with Gasteiger partial charge in [0.1, 0.15) is 5.75 Å². The molecular formula is C18H18N2O5. The lowest BCUT2D eigenvalue weighted by Crippen LogP contribution is -2.21. The first-order valence-corrected chi connectivity index (χ1v) is 7.46. The van der Waals surface area contributed by atoms with Crippen LogP contribution in [-0.4, -0.2) is 38.5 Å². The van der Waals surface area contributed by atoms with E-state index in [0.717, 1.165) is 0 Å². The third-order valence-electron chi connectivity index (χ3n) is 3.28. The van der Waals surface area contributed by atoms with Crippen molar-refractivity contribution < 1.29 is 23.9 Å². The maximum atomic E-state index is 11.9. The van der Waals surface area contributed by atoms with Gasteiger partial charge in [-0.3, -0.25) is 9.59 Å². The van der Waals surface area contributed by atoms with Crippen LogP contribution in [0, 0.1) is 0 Å². The van der Waals surface area contributed by atoms with Crippen molar-refractivity contribution in [3.05, 3.63) is 59.7 Å². The largest absolute Gasteiger partial charge is 0.484 e. The molecule has 0 heterocycles. The Balaban J connectivity index is 1.90. The zero-order valence-electron chi connectivity index (χ0n) is 13.9. The first-order valence-electron chi connectivity index (χ1n) is 7.46. The molecule has 0 radical (unpaired) electrons. The third-order valence-corrected chi connectivity index (χ3v) is 3.28. The SMILES string of the molecule is CNC(=O)c1ccc(NC(=O)COc2cccc(C(=O)OC)c2)cc1. The molecular weight excluding hydrogens is 324 g/mol. The quantitative estimate of drug-likeness (QED) is 0.782. The Hall–Kier alpha value is -3.35. The number of ether oxygens (including phenoxy) is 2. The van der Waals surface area contributed by atoms with Crippen molar-refractivity contribution in [2.75, 3.05) is 26.1 Å². The Morgan fingerprint density at radius 3 is 2.36 bits per heavy atom. The van der Waals surface area contributed by atoms with Gasteiger partial charge in [0.2, 0.25) is 0 Å². The van der Waals surface area contributed by atoms with E-state index in [1.54, 1.807) is 49.5 Å². The zero-order valence-corrected chi connectivity index (χ0v) is 13.9. The highest BCUT2D eigenvalue weighted by Crippen LogP contribution is 2.14. The van der Waals surface area contributed by atoms with Crippen LogP contribution in [-0.2, 0) is 9.53 Å². The van der Waals surface area contributed by atoms with Gasteiger partial charge in [-0.15, -0.1) is 0 Å². The summed E-state index contributed by atoms with van der Waals surface area (Å²) in [5.41, 5.74) is 1.38. The molecule has 0 unspecified atom stereocenters. The summed E-state index contributed by atoms with van der Waals surface area (Å²) in [5, 5.41) is 5.18. The highest BCUT2D eigenvalue weighted by molar-refractivity contribution is 5.96. The summed E-state index contributed by atoms with van der Waals surface area (Å²) in [6, 6.07) is 12.8. The molecule has 7 heteroatoms. The van der Waals surface area contributed by atoms with E-state index in [-0.39, 0.29) is 18.4 Å². The van der Waals surface area contributed by atoms with Gasteiger partial charge in [-0.05, 0) is 42.5 Å². The molecule has 0 aliphatic carbocycles. The molecule has 0 aromatic heterocycles. The van der Waals surface area contributed by atoms with E-state index in [2.05, 4.69) is 15.4 Å². The van der Waals surface area contributed by atoms with Gasteiger partial charge in [-0.2, -0.15) is 0 Å². The molecule has 2 rings (SSSR count). The number of nitrogens with one attached hydrogen (secondary N) is 2. The van der Waals surface area contributed by atoms with Crippen molar-refractivity contribution in [3.63, 3.8) is 0 Å². The standard InChI is InChI=1S/C18H18N2O5/c1-19-17(22)12-6-8-14(9-7-12)20-16(21)11-25-15-5-3-4-13(10-15)18(23)24-2/h3-10H,11H2,1-2H3,(H,19,22)(H,20,21). The average molecular weight is 342 g/mol. The number of hydrogen-bond acceptors (Lipinski definition) is 5. The van der Waals surface area contributed by atoms with E-state index in [1.807, 2.05) is 0 Å². The molecule has 25 heavy (non-hydrogen) atoms. The highest BCUT2D eigenvalue weighted by Gasteiger charge is 2.09. The molecule has 0 aliphatic heterocycles. The Morgan fingerprint density at radius 2 is 1.72 bits per heavy atom. The van der Waals surface area contributed by atoms with Gasteiger partial charge in [0.05, 0.1) is 12.7 Å². The minimum absolute atomic E-state index is 0.202. The lowest BCUT2D eigenvalue weighted by Gasteiger charge is -2.09. The van der Waals surface area contributed by atoms with Crippen LogP contribution in [0.25, 0.3) is 0 Å². The van der Waals surface area contributed by atoms with E-state index in [1.165, 1.54) is 13.2 Å². The molecule has 2 aromatic rings. The van der Waals surface area contributed by atoms with E-state index in [9.17, 15) is 14.4 Å². The fraction of sp³-hybridized carbons (Fsp3) is 0.167. The van der Waals surface area contributed by atoms with Crippen LogP contribution in [0.15, 0.2) is 48.5 Å². The molecule has 0 aliphatic rings. The summed E-state index contributed by atoms with van der Waals surface area (Å²) in [4.78, 5) is 34.8. The van der Waals surface area contributed by atoms with Crippen molar-refractivity contribution in [1.29, 1.82) is 0 Å². The minimum atomic E-state index is -0.480. The van der Waals surface area contributed by atoms with Crippen LogP contribution in [0.1, 0.15) is 20.7 Å². The molecule has 0 spiro atoms. The lowest BCUT2D eigenvalue weighted by molar-refractivity contribution is -0.118. The van der Waals surface area contributed by atoms with Crippen LogP contribution in [0.2, 0.25) is 0 Å². The van der Waals surface area contributed by atoms with Crippen molar-refractivity contribution in [2.45, 2.75) is 0 Å². The summed E-state index contributed by atoms with van der Waals surface area (Å²) in [5.74, 6) is -0.665. The van der Waals surface area contributed by atoms with E-state index < -0.39 is 5.97 Å². The van der Waals surface area contributed by atoms with E-state index >= 15 is 0 Å². The monoisotopic (exact) mass is 342 g/mol. The average Bonchev–Trinajstić information content (AvgIpc) is 2.66. The smallest absolute Gasteiger partial charge is 0.337 e. The Labute approximate surface area is 144 Å². The number of rotatable bonds is 6. The second-order valence-corrected chi connectivity index (χ2v) is 5.01. The molecule has 2 aromatic carbocycles. The minimum Gasteiger partial charge on any atom is -0.484 e. The molecule has 0 fully saturated rings. The molecule has 7 nitrogen and oxygen atoms in total. The molecule has 2 amide bonds. The maximum Gasteiger partial charge on any atom is 0.337 e. The van der Waals surface area contributed by atoms with Gasteiger partial charge in [-0.1, -0.05) is 6.07 Å². The number of hydrogen-bond donors (Lipinski definition) is 2. The van der Waals surface area contributed by atoms with Gasteiger partial charge >= 0.3 is 5.97 Å². The zero-order chi connectivity index (χ0) is 18.2. The van der Waals surface area contributed by atoms with Crippen molar-refractivity contribution in [1.82, 2.24) is 5.32 Å². The molecule has 0 saturated heterocycles. The molecule has 0 atom stereocenters. The Morgan fingerprint density at radius 1 is 1.00 bits per heavy atom. The van der Waals surface area contributed by atoms with Crippen LogP contribution >= 0.6 is 0 Å². The summed E-state index contributed by atoms with van der Waals surface area (Å²) in [7, 11) is 2.84. The predicted octanol–water partition coefficient (Wildman–Crippen LogP) is 1.85. The molecule has 130 valence electrons. The van der Waals surface area contributed by atoms with Crippen LogP contribution in [0.3, 0.4) is 0 Å². The lowest BCUT2D eigenvalue weighted by atomic mass is 10.2. The van der Waals surface area contributed by atoms with Crippen LogP contribution in [0.4, 0.5) is 5.69 Å². The topological polar surface area (TPSA) is 93.7 Å². The molecule has 0 bridgehead atoms. The maximum absolute atomic E-state index is 11.9. The van der Waals surface area contributed by atoms with E-state index in [0.29, 0.717) is 22.6 Å². The molecule has 2 N–H and O–H groups in total. The summed E-state index contributed by atoms with van der Waals surface area (Å²) < 4.78 is 10.00. The van der Waals surface area contributed by atoms with E-state index in [4.69, 9.17) is 4.74 Å². The number of esters is 1. The van der Waals surface area contributed by atoms with Crippen LogP contribution < -0.4 is 15.4 Å². The fourth-order valence-electron chi connectivity index (χ4n) is 2.03. The third kappa shape index (κ3) is 5.07. The van der Waals surface area contributed by atoms with Crippen molar-refractivity contribution >= 4 is 23.5 Å². The van der Waals surface area contributed by atoms with Gasteiger partial charge in [0, 0.05) is 18.3 Å². The fourth-order valence-corrected chi connectivity index (χ4v) is 2.03. The molecule has 0 saturated carbocycles. The first-order chi connectivity index (χ1) is 12.0. The summed E-state index contributed by atoms with van der Waals surface area (Å²) in [6.07, 6.45) is 0. The number of carbonyl (C=O) groups is 3. The number of anilines is 1. The number of carbonyl (C=O) groups excluding carboxylic acids is 3. The van der Waals surface area contributed by atoms with Crippen molar-refractivity contribution in [2.24, 2.45) is 0 Å². The van der Waals surface area contributed by atoms with Gasteiger partial charge in [-0.25, -0.2) is 4.79 Å². The Kier molecular flexibility index (Phi) is 6.11. The second-order valence-electron chi connectivity index (χ2n) is 5.01. The number of methoxy groups -OCH3 is 1. The summed E-state index contributed by atoms with van der Waals surface area (Å²) >= 11 is 0. The number of benzene rings is 2. The number of amides is 2. The predicted molar refractivity (Wildman–Crippen MR) is 91.7 cm³/mol. The van der Waals surface area contributed by atoms with Crippen LogP contribution in [0.5, 0.6) is 5.75 Å². The normalized spacial score (nSPS) is 9.84. The summed E-state index contributed by atoms with van der Waals surface area (Å²) in [6.45, 7) is -0.220. The highest BCUT2D eigenvalue weighted by atomic mass is 16.5. The Bertz CT molecular complexity index is 771. The van der Waals surface area contributed by atoms with Gasteiger partial charge in [0.15, 0.2) is 6.61 Å².